The van der Waals surface area contributed by atoms with Crippen molar-refractivity contribution in [2.75, 3.05) is 6.61 Å². The van der Waals surface area contributed by atoms with Gasteiger partial charge < -0.3 is 19.7 Å². The SMILES string of the molecule is O=C(OCC1OC(n2cc(C=CCl)c(=O)[nH]c2=O)C(O)C1O)c1cccnc1. The number of carbonyl (C=O) groups excluding carboxylic acids is 1. The minimum absolute atomic E-state index is 0.0475. The van der Waals surface area contributed by atoms with Crippen LogP contribution in [0.15, 0.2) is 45.8 Å². The molecule has 3 rings (SSSR count). The lowest BCUT2D eigenvalue weighted by molar-refractivity contribution is -0.0599. The highest BCUT2D eigenvalue weighted by molar-refractivity contribution is 6.27. The van der Waals surface area contributed by atoms with Crippen LogP contribution < -0.4 is 11.2 Å². The van der Waals surface area contributed by atoms with Gasteiger partial charge >= 0.3 is 11.7 Å². The number of nitrogens with zero attached hydrogens (tertiary/aromatic N) is 2. The molecule has 0 spiro atoms. The smallest absolute Gasteiger partial charge is 0.339 e. The van der Waals surface area contributed by atoms with E-state index in [1.165, 1.54) is 24.5 Å². The lowest BCUT2D eigenvalue weighted by Crippen LogP contribution is -2.38. The van der Waals surface area contributed by atoms with E-state index in [4.69, 9.17) is 21.1 Å². The molecular formula is C17H16ClN3O7. The van der Waals surface area contributed by atoms with Gasteiger partial charge in [0.05, 0.1) is 11.1 Å². The van der Waals surface area contributed by atoms with E-state index >= 15 is 0 Å². The molecule has 0 radical (unpaired) electrons. The van der Waals surface area contributed by atoms with Crippen molar-refractivity contribution in [1.29, 1.82) is 0 Å². The second-order valence-corrected chi connectivity index (χ2v) is 6.18. The van der Waals surface area contributed by atoms with Gasteiger partial charge in [0.1, 0.15) is 24.9 Å². The van der Waals surface area contributed by atoms with E-state index in [0.717, 1.165) is 16.3 Å². The maximum Gasteiger partial charge on any atom is 0.339 e. The van der Waals surface area contributed by atoms with E-state index in [-0.39, 0.29) is 17.7 Å². The van der Waals surface area contributed by atoms with Crippen molar-refractivity contribution in [2.45, 2.75) is 24.5 Å². The first-order valence-corrected chi connectivity index (χ1v) is 8.57. The normalized spacial score (nSPS) is 24.5. The van der Waals surface area contributed by atoms with Crippen molar-refractivity contribution < 1.29 is 24.5 Å². The molecule has 4 atom stereocenters. The summed E-state index contributed by atoms with van der Waals surface area (Å²) in [6.07, 6.45) is -0.118. The van der Waals surface area contributed by atoms with Gasteiger partial charge in [-0.15, -0.1) is 0 Å². The fourth-order valence-corrected chi connectivity index (χ4v) is 2.83. The van der Waals surface area contributed by atoms with Gasteiger partial charge in [-0.05, 0) is 18.2 Å². The summed E-state index contributed by atoms with van der Waals surface area (Å²) in [5.41, 5.74) is -0.178. The molecule has 3 heterocycles. The van der Waals surface area contributed by atoms with Crippen molar-refractivity contribution in [3.63, 3.8) is 0 Å². The minimum Gasteiger partial charge on any atom is -0.459 e. The first-order valence-electron chi connectivity index (χ1n) is 8.13. The lowest BCUT2D eigenvalue weighted by Gasteiger charge is -2.17. The Balaban J connectivity index is 1.76. The highest BCUT2D eigenvalue weighted by Gasteiger charge is 2.44. The van der Waals surface area contributed by atoms with Gasteiger partial charge in [-0.25, -0.2) is 9.59 Å². The van der Waals surface area contributed by atoms with E-state index in [1.54, 1.807) is 6.07 Å². The van der Waals surface area contributed by atoms with Crippen LogP contribution in [-0.4, -0.2) is 55.6 Å². The molecule has 1 aliphatic heterocycles. The fourth-order valence-electron chi connectivity index (χ4n) is 2.70. The van der Waals surface area contributed by atoms with Crippen molar-refractivity contribution in [3.8, 4) is 0 Å². The van der Waals surface area contributed by atoms with Gasteiger partial charge in [-0.3, -0.25) is 19.3 Å². The molecule has 0 aromatic carbocycles. The zero-order chi connectivity index (χ0) is 20.3. The predicted octanol–water partition coefficient (Wildman–Crippen LogP) is -0.383. The van der Waals surface area contributed by atoms with Gasteiger partial charge in [0.15, 0.2) is 6.23 Å². The molecule has 0 saturated carbocycles. The van der Waals surface area contributed by atoms with Crippen LogP contribution in [0.4, 0.5) is 0 Å². The van der Waals surface area contributed by atoms with Crippen molar-refractivity contribution in [3.05, 3.63) is 68.2 Å². The Morgan fingerprint density at radius 2 is 2.18 bits per heavy atom. The fraction of sp³-hybridized carbons (Fsp3) is 0.294. The van der Waals surface area contributed by atoms with E-state index in [1.807, 2.05) is 0 Å². The Kier molecular flexibility index (Phi) is 6.05. The summed E-state index contributed by atoms with van der Waals surface area (Å²) in [4.78, 5) is 41.6. The molecule has 2 aromatic heterocycles. The summed E-state index contributed by atoms with van der Waals surface area (Å²) in [7, 11) is 0. The quantitative estimate of drug-likeness (QED) is 0.567. The number of aromatic amines is 1. The minimum atomic E-state index is -1.50. The third-order valence-corrected chi connectivity index (χ3v) is 4.25. The van der Waals surface area contributed by atoms with E-state index in [0.29, 0.717) is 0 Å². The molecule has 11 heteroatoms. The number of hydrogen-bond donors (Lipinski definition) is 3. The van der Waals surface area contributed by atoms with Crippen LogP contribution in [-0.2, 0) is 9.47 Å². The average Bonchev–Trinajstić information content (AvgIpc) is 2.97. The summed E-state index contributed by atoms with van der Waals surface area (Å²) in [6, 6.07) is 3.07. The van der Waals surface area contributed by atoms with Crippen molar-refractivity contribution >= 4 is 23.6 Å². The highest BCUT2D eigenvalue weighted by Crippen LogP contribution is 2.28. The van der Waals surface area contributed by atoms with Gasteiger partial charge in [0, 0.05) is 24.1 Å². The molecular weight excluding hydrogens is 394 g/mol. The Hall–Kier alpha value is -2.79. The Bertz CT molecular complexity index is 988. The Morgan fingerprint density at radius 3 is 2.86 bits per heavy atom. The second kappa shape index (κ2) is 8.48. The van der Waals surface area contributed by atoms with Crippen LogP contribution in [0.5, 0.6) is 0 Å². The van der Waals surface area contributed by atoms with Crippen molar-refractivity contribution in [2.24, 2.45) is 0 Å². The molecule has 0 aliphatic carbocycles. The van der Waals surface area contributed by atoms with Crippen LogP contribution in [0.1, 0.15) is 22.1 Å². The highest BCUT2D eigenvalue weighted by atomic mass is 35.5. The van der Waals surface area contributed by atoms with E-state index < -0.39 is 41.8 Å². The van der Waals surface area contributed by atoms with Crippen molar-refractivity contribution in [1.82, 2.24) is 14.5 Å². The average molecular weight is 410 g/mol. The number of H-pyrrole nitrogens is 1. The molecule has 0 bridgehead atoms. The molecule has 1 saturated heterocycles. The number of hydrogen-bond acceptors (Lipinski definition) is 8. The Labute approximate surface area is 162 Å². The number of aliphatic hydroxyl groups is 2. The number of rotatable bonds is 5. The molecule has 10 nitrogen and oxygen atoms in total. The summed E-state index contributed by atoms with van der Waals surface area (Å²) < 4.78 is 11.5. The number of halogens is 1. The van der Waals surface area contributed by atoms with Gasteiger partial charge in [0.2, 0.25) is 0 Å². The molecule has 28 heavy (non-hydrogen) atoms. The number of carbonyl (C=O) groups is 1. The van der Waals surface area contributed by atoms with Crippen LogP contribution in [0.2, 0.25) is 0 Å². The van der Waals surface area contributed by atoms with Gasteiger partial charge in [-0.2, -0.15) is 0 Å². The first-order chi connectivity index (χ1) is 13.4. The summed E-state index contributed by atoms with van der Waals surface area (Å²) in [6.45, 7) is -0.366. The topological polar surface area (TPSA) is 144 Å². The predicted molar refractivity (Wildman–Crippen MR) is 96.7 cm³/mol. The Morgan fingerprint density at radius 1 is 1.39 bits per heavy atom. The second-order valence-electron chi connectivity index (χ2n) is 5.93. The molecule has 1 fully saturated rings. The molecule has 2 aromatic rings. The number of ether oxygens (including phenoxy) is 2. The number of nitrogens with one attached hydrogen (secondary N) is 1. The molecule has 148 valence electrons. The van der Waals surface area contributed by atoms with Crippen LogP contribution >= 0.6 is 11.6 Å². The number of aliphatic hydroxyl groups excluding tert-OH is 2. The van der Waals surface area contributed by atoms with Gasteiger partial charge in [0.25, 0.3) is 5.56 Å². The van der Waals surface area contributed by atoms with Gasteiger partial charge in [-0.1, -0.05) is 11.6 Å². The molecule has 3 N–H and O–H groups in total. The van der Waals surface area contributed by atoms with Crippen LogP contribution in [0, 0.1) is 0 Å². The largest absolute Gasteiger partial charge is 0.459 e. The molecule has 4 unspecified atom stereocenters. The molecule has 0 amide bonds. The molecule has 1 aliphatic rings. The number of pyridine rings is 1. The lowest BCUT2D eigenvalue weighted by atomic mass is 10.1. The monoisotopic (exact) mass is 409 g/mol. The third-order valence-electron chi connectivity index (χ3n) is 4.13. The number of aromatic nitrogens is 3. The summed E-state index contributed by atoms with van der Waals surface area (Å²) in [5.74, 6) is -0.683. The number of esters is 1. The standard InChI is InChI=1S/C17H16ClN3O7/c18-4-3-10-7-21(17(26)20-14(10)24)15-13(23)12(22)11(28-15)8-27-16(25)9-2-1-5-19-6-9/h1-7,11-13,15,22-23H,8H2,(H,20,24,26). The maximum absolute atomic E-state index is 12.1. The zero-order valence-electron chi connectivity index (χ0n) is 14.3. The van der Waals surface area contributed by atoms with E-state index in [2.05, 4.69) is 9.97 Å². The van der Waals surface area contributed by atoms with Crippen LogP contribution in [0.25, 0.3) is 6.08 Å². The van der Waals surface area contributed by atoms with E-state index in [9.17, 15) is 24.6 Å². The first kappa shape index (κ1) is 20.0. The maximum atomic E-state index is 12.1. The third kappa shape index (κ3) is 4.04. The summed E-state index contributed by atoms with van der Waals surface area (Å²) in [5, 5.41) is 20.4. The van der Waals surface area contributed by atoms with Crippen LogP contribution in [0.3, 0.4) is 0 Å². The summed E-state index contributed by atoms with van der Waals surface area (Å²) >= 11 is 5.46. The zero-order valence-corrected chi connectivity index (χ0v) is 15.0.